The van der Waals surface area contributed by atoms with Crippen molar-refractivity contribution in [3.8, 4) is 0 Å². The molecule has 3 aromatic rings. The zero-order valence-electron chi connectivity index (χ0n) is 21.0. The van der Waals surface area contributed by atoms with Gasteiger partial charge in [-0.1, -0.05) is 48.0 Å². The zero-order valence-corrected chi connectivity index (χ0v) is 21.8. The average molecular weight is 516 g/mol. The molecule has 5 rings (SSSR count). The number of nitrogens with zero attached hydrogens (tertiary/aromatic N) is 3. The Balaban J connectivity index is 1.38. The van der Waals surface area contributed by atoms with Crippen LogP contribution < -0.4 is 15.5 Å². The smallest absolute Gasteiger partial charge is 0.258 e. The molecule has 2 heterocycles. The molecule has 0 bridgehead atoms. The molecule has 0 atom stereocenters. The van der Waals surface area contributed by atoms with E-state index in [1.165, 1.54) is 0 Å². The van der Waals surface area contributed by atoms with Crippen LogP contribution in [0.1, 0.15) is 11.1 Å². The van der Waals surface area contributed by atoms with Gasteiger partial charge in [-0.05, 0) is 49.0 Å². The van der Waals surface area contributed by atoms with Gasteiger partial charge in [0, 0.05) is 55.2 Å². The molecule has 0 saturated carbocycles. The average Bonchev–Trinajstić information content (AvgIpc) is 3.23. The molecule has 37 heavy (non-hydrogen) atoms. The lowest BCUT2D eigenvalue weighted by Gasteiger charge is -2.32. The molecule has 3 aromatic carbocycles. The predicted octanol–water partition coefficient (Wildman–Crippen LogP) is 4.48. The molecule has 8 heteroatoms. The van der Waals surface area contributed by atoms with Crippen molar-refractivity contribution in [1.82, 2.24) is 9.80 Å². The summed E-state index contributed by atoms with van der Waals surface area (Å²) in [7, 11) is 3.91. The zero-order chi connectivity index (χ0) is 25.9. The van der Waals surface area contributed by atoms with Gasteiger partial charge < -0.3 is 20.4 Å². The van der Waals surface area contributed by atoms with Crippen LogP contribution in [0.15, 0.2) is 72.8 Å². The van der Waals surface area contributed by atoms with E-state index in [4.69, 9.17) is 11.6 Å². The van der Waals surface area contributed by atoms with E-state index in [0.717, 1.165) is 48.7 Å². The second kappa shape index (κ2) is 10.8. The van der Waals surface area contributed by atoms with Crippen molar-refractivity contribution in [3.63, 3.8) is 0 Å². The number of halogens is 1. The third kappa shape index (κ3) is 5.54. The molecule has 0 unspecified atom stereocenters. The third-order valence-electron chi connectivity index (χ3n) is 6.89. The first-order chi connectivity index (χ1) is 17.9. The van der Waals surface area contributed by atoms with Gasteiger partial charge in [-0.3, -0.25) is 14.5 Å². The van der Waals surface area contributed by atoms with E-state index in [-0.39, 0.29) is 11.8 Å². The first-order valence-corrected chi connectivity index (χ1v) is 12.7. The molecular formula is C29H30ClN5O2. The molecule has 0 aromatic heterocycles. The summed E-state index contributed by atoms with van der Waals surface area (Å²) in [5, 5.41) is 6.95. The molecule has 1 saturated heterocycles. The van der Waals surface area contributed by atoms with Crippen LogP contribution >= 0.6 is 11.6 Å². The largest absolute Gasteiger partial charge is 0.354 e. The summed E-state index contributed by atoms with van der Waals surface area (Å²) in [6.07, 6.45) is 0. The summed E-state index contributed by atoms with van der Waals surface area (Å²) in [4.78, 5) is 32.1. The Morgan fingerprint density at radius 3 is 2.41 bits per heavy atom. The fraction of sp³-hybridized carbons (Fsp3) is 0.241. The quantitative estimate of drug-likeness (QED) is 0.474. The van der Waals surface area contributed by atoms with Crippen molar-refractivity contribution >= 4 is 51.7 Å². The second-order valence-electron chi connectivity index (χ2n) is 9.46. The van der Waals surface area contributed by atoms with Crippen LogP contribution in [0.5, 0.6) is 0 Å². The molecule has 0 spiro atoms. The van der Waals surface area contributed by atoms with Crippen LogP contribution in [0.25, 0.3) is 11.3 Å². The van der Waals surface area contributed by atoms with Crippen LogP contribution in [0.2, 0.25) is 5.02 Å². The minimum Gasteiger partial charge on any atom is -0.354 e. The second-order valence-corrected chi connectivity index (χ2v) is 9.90. The summed E-state index contributed by atoms with van der Waals surface area (Å²) < 4.78 is 0. The van der Waals surface area contributed by atoms with E-state index < -0.39 is 0 Å². The highest BCUT2D eigenvalue weighted by molar-refractivity contribution is 6.38. The van der Waals surface area contributed by atoms with Gasteiger partial charge in [-0.15, -0.1) is 0 Å². The number of benzene rings is 3. The van der Waals surface area contributed by atoms with Crippen molar-refractivity contribution in [2.45, 2.75) is 0 Å². The number of rotatable bonds is 6. The number of fused-ring (bicyclic) bond motifs is 1. The van der Waals surface area contributed by atoms with Crippen molar-refractivity contribution in [2.75, 3.05) is 62.4 Å². The molecule has 190 valence electrons. The van der Waals surface area contributed by atoms with Crippen LogP contribution in [0.3, 0.4) is 0 Å². The lowest BCUT2D eigenvalue weighted by molar-refractivity contribution is -0.119. The van der Waals surface area contributed by atoms with Gasteiger partial charge >= 0.3 is 0 Å². The number of anilines is 3. The highest BCUT2D eigenvalue weighted by atomic mass is 35.5. The summed E-state index contributed by atoms with van der Waals surface area (Å²) >= 11 is 6.15. The molecule has 2 aliphatic rings. The SMILES string of the molecule is CN1CCN(CC(=O)N(C)c2ccc(N/C(=C3\C(=O)Nc4cc(Cl)ccc43)c3ccccc3)cc2)CC1. The number of carbonyl (C=O) groups excluding carboxylic acids is 2. The molecular weight excluding hydrogens is 486 g/mol. The van der Waals surface area contributed by atoms with Gasteiger partial charge in [-0.2, -0.15) is 0 Å². The number of carbonyl (C=O) groups is 2. The fourth-order valence-corrected chi connectivity index (χ4v) is 4.81. The molecule has 0 radical (unpaired) electrons. The maximum atomic E-state index is 13.0. The van der Waals surface area contributed by atoms with Gasteiger partial charge in [0.15, 0.2) is 0 Å². The summed E-state index contributed by atoms with van der Waals surface area (Å²) in [6, 6.07) is 22.8. The van der Waals surface area contributed by atoms with Crippen LogP contribution in [-0.2, 0) is 9.59 Å². The number of hydrogen-bond donors (Lipinski definition) is 2. The minimum absolute atomic E-state index is 0.0650. The van der Waals surface area contributed by atoms with Gasteiger partial charge in [-0.25, -0.2) is 0 Å². The molecule has 2 N–H and O–H groups in total. The van der Waals surface area contributed by atoms with Gasteiger partial charge in [0.2, 0.25) is 5.91 Å². The van der Waals surface area contributed by atoms with Crippen LogP contribution in [0, 0.1) is 0 Å². The number of hydrogen-bond acceptors (Lipinski definition) is 5. The molecule has 2 aliphatic heterocycles. The highest BCUT2D eigenvalue weighted by Crippen LogP contribution is 2.38. The van der Waals surface area contributed by atoms with E-state index in [2.05, 4.69) is 27.5 Å². The summed E-state index contributed by atoms with van der Waals surface area (Å²) in [6.45, 7) is 4.17. The minimum atomic E-state index is -0.186. The van der Waals surface area contributed by atoms with Crippen molar-refractivity contribution < 1.29 is 9.59 Å². The monoisotopic (exact) mass is 515 g/mol. The Labute approximate surface area is 222 Å². The van der Waals surface area contributed by atoms with E-state index >= 15 is 0 Å². The predicted molar refractivity (Wildman–Crippen MR) is 151 cm³/mol. The van der Waals surface area contributed by atoms with Crippen molar-refractivity contribution in [3.05, 3.63) is 88.9 Å². The molecule has 2 amide bonds. The molecule has 1 fully saturated rings. The maximum Gasteiger partial charge on any atom is 0.258 e. The van der Waals surface area contributed by atoms with Crippen molar-refractivity contribution in [1.29, 1.82) is 0 Å². The Morgan fingerprint density at radius 2 is 1.70 bits per heavy atom. The Kier molecular flexibility index (Phi) is 7.28. The molecule has 0 aliphatic carbocycles. The van der Waals surface area contributed by atoms with E-state index in [1.54, 1.807) is 17.0 Å². The summed E-state index contributed by atoms with van der Waals surface area (Å²) in [5.41, 5.74) is 5.26. The van der Waals surface area contributed by atoms with E-state index in [0.29, 0.717) is 28.5 Å². The number of amides is 2. The van der Waals surface area contributed by atoms with Crippen LogP contribution in [0.4, 0.5) is 17.1 Å². The lowest BCUT2D eigenvalue weighted by atomic mass is 10.00. The van der Waals surface area contributed by atoms with Gasteiger partial charge in [0.05, 0.1) is 23.5 Å². The Hall–Kier alpha value is -3.65. The van der Waals surface area contributed by atoms with E-state index in [9.17, 15) is 9.59 Å². The highest BCUT2D eigenvalue weighted by Gasteiger charge is 2.28. The topological polar surface area (TPSA) is 67.9 Å². The third-order valence-corrected chi connectivity index (χ3v) is 7.13. The number of likely N-dealkylation sites (N-methyl/N-ethyl adjacent to an activating group) is 2. The van der Waals surface area contributed by atoms with Gasteiger partial charge in [0.1, 0.15) is 0 Å². The van der Waals surface area contributed by atoms with Crippen LogP contribution in [-0.4, -0.2) is 68.4 Å². The standard InChI is InChI=1S/C29H30ClN5O2/c1-33-14-16-35(17-15-33)19-26(36)34(2)23-11-9-22(10-12-23)31-28(20-6-4-3-5-7-20)27-24-13-8-21(30)18-25(24)32-29(27)37/h3-13,18,31H,14-17,19H2,1-2H3,(H,32,37)/b28-27-. The lowest BCUT2D eigenvalue weighted by Crippen LogP contribution is -2.48. The first kappa shape index (κ1) is 25.0. The maximum absolute atomic E-state index is 13.0. The number of piperazine rings is 1. The first-order valence-electron chi connectivity index (χ1n) is 12.3. The Morgan fingerprint density at radius 1 is 1.00 bits per heavy atom. The van der Waals surface area contributed by atoms with Crippen molar-refractivity contribution in [2.24, 2.45) is 0 Å². The summed E-state index contributed by atoms with van der Waals surface area (Å²) in [5.74, 6) is -0.121. The van der Waals surface area contributed by atoms with Gasteiger partial charge in [0.25, 0.3) is 5.91 Å². The normalized spacial score (nSPS) is 17.2. The van der Waals surface area contributed by atoms with E-state index in [1.807, 2.05) is 67.7 Å². The molecule has 7 nitrogen and oxygen atoms in total. The number of nitrogens with one attached hydrogen (secondary N) is 2. The fourth-order valence-electron chi connectivity index (χ4n) is 4.64. The Bertz CT molecular complexity index is 1330.